The van der Waals surface area contributed by atoms with Crippen molar-refractivity contribution in [1.29, 1.82) is 0 Å². The second kappa shape index (κ2) is 7.33. The molecule has 2 rings (SSSR count). The van der Waals surface area contributed by atoms with Crippen LogP contribution in [0.4, 0.5) is 0 Å². The molecule has 0 spiro atoms. The Bertz CT molecular complexity index is 933. The minimum atomic E-state index is -4.01. The number of ether oxygens (including phenoxy) is 1. The summed E-state index contributed by atoms with van der Waals surface area (Å²) in [5.74, 6) is -2.06. The second-order valence-electron chi connectivity index (χ2n) is 4.28. The molecular formula is C13H11AsNO7S2. The van der Waals surface area contributed by atoms with Gasteiger partial charge >= 0.3 is 146 Å². The molecule has 0 amide bonds. The van der Waals surface area contributed by atoms with Gasteiger partial charge in [0.15, 0.2) is 0 Å². The number of benzene rings is 1. The van der Waals surface area contributed by atoms with Gasteiger partial charge in [-0.1, -0.05) is 0 Å². The van der Waals surface area contributed by atoms with E-state index in [9.17, 15) is 23.1 Å². The maximum absolute atomic E-state index is 12.3. The molecule has 0 unspecified atom stereocenters. The molecule has 0 fully saturated rings. The Morgan fingerprint density at radius 3 is 2.71 bits per heavy atom. The molecule has 11 heteroatoms. The van der Waals surface area contributed by atoms with Crippen LogP contribution in [0, 0.1) is 0 Å². The fraction of sp³-hybridized carbons (Fsp3) is 0.154. The Morgan fingerprint density at radius 1 is 1.38 bits per heavy atom. The van der Waals surface area contributed by atoms with Crippen molar-refractivity contribution in [2.45, 2.75) is 11.3 Å². The Morgan fingerprint density at radius 2 is 2.08 bits per heavy atom. The van der Waals surface area contributed by atoms with Crippen LogP contribution in [0.5, 0.6) is 5.75 Å². The van der Waals surface area contributed by atoms with E-state index in [0.29, 0.717) is 22.6 Å². The molecular weight excluding hydrogens is 421 g/mol. The summed E-state index contributed by atoms with van der Waals surface area (Å²) in [4.78, 5) is 26.1. The van der Waals surface area contributed by atoms with Gasteiger partial charge in [0.05, 0.1) is 0 Å². The number of aliphatic carboxylic acids is 1. The van der Waals surface area contributed by atoms with Crippen molar-refractivity contribution in [3.63, 3.8) is 0 Å². The third-order valence-electron chi connectivity index (χ3n) is 2.55. The summed E-state index contributed by atoms with van der Waals surface area (Å²) in [6.07, 6.45) is 0.264. The van der Waals surface area contributed by atoms with Crippen molar-refractivity contribution in [2.75, 3.05) is 6.61 Å². The third kappa shape index (κ3) is 4.34. The second-order valence-corrected chi connectivity index (χ2v) is 12.1. The first-order chi connectivity index (χ1) is 11.2. The number of aromatic nitrogens is 1. The normalized spacial score (nSPS) is 12.8. The Kier molecular flexibility index (Phi) is 5.63. The van der Waals surface area contributed by atoms with Gasteiger partial charge in [-0.2, -0.15) is 0 Å². The van der Waals surface area contributed by atoms with Crippen LogP contribution in [-0.2, 0) is 17.7 Å². The number of nitrogens with zero attached hydrogens (tertiary/aromatic N) is 1. The third-order valence-corrected chi connectivity index (χ3v) is 10.1. The van der Waals surface area contributed by atoms with E-state index in [1.54, 1.807) is 18.2 Å². The van der Waals surface area contributed by atoms with Crippen LogP contribution in [0.2, 0.25) is 0 Å². The van der Waals surface area contributed by atoms with Crippen LogP contribution >= 0.6 is 11.3 Å². The van der Waals surface area contributed by atoms with Crippen molar-refractivity contribution in [1.82, 2.24) is 4.98 Å². The van der Waals surface area contributed by atoms with E-state index in [1.807, 2.05) is 6.92 Å². The number of rotatable bonds is 7. The number of hydrogen-bond acceptors (Lipinski definition) is 8. The van der Waals surface area contributed by atoms with Crippen LogP contribution in [-0.4, -0.2) is 55.4 Å². The summed E-state index contributed by atoms with van der Waals surface area (Å²) < 4.78 is 29.1. The van der Waals surface area contributed by atoms with Crippen LogP contribution in [0.1, 0.15) is 6.92 Å². The number of aliphatic hydroxyl groups is 1. The quantitative estimate of drug-likeness (QED) is 0.378. The van der Waals surface area contributed by atoms with Gasteiger partial charge < -0.3 is 0 Å². The molecule has 8 nitrogen and oxygen atoms in total. The van der Waals surface area contributed by atoms with Crippen LogP contribution in [0.3, 0.4) is 0 Å². The number of hydrogen-bond donors (Lipinski definition) is 2. The van der Waals surface area contributed by atoms with Crippen molar-refractivity contribution < 1.29 is 33.0 Å². The maximum atomic E-state index is 12.3. The van der Waals surface area contributed by atoms with Gasteiger partial charge in [0, 0.05) is 0 Å². The molecule has 127 valence electrons. The minimum absolute atomic E-state index is 0.248. The molecule has 0 aliphatic heterocycles. The molecule has 0 aliphatic rings. The molecule has 1 aromatic carbocycles. The van der Waals surface area contributed by atoms with E-state index in [-0.39, 0.29) is 10.4 Å². The molecule has 1 radical (unpaired) electrons. The molecule has 24 heavy (non-hydrogen) atoms. The topological polar surface area (TPSA) is 131 Å². The number of thiazole rings is 1. The molecule has 0 saturated heterocycles. The molecule has 0 aliphatic carbocycles. The molecule has 2 aromatic rings. The first-order valence-electron chi connectivity index (χ1n) is 6.42. The molecule has 0 bridgehead atoms. The Balaban J connectivity index is 2.30. The van der Waals surface area contributed by atoms with Gasteiger partial charge in [-0.25, -0.2) is 0 Å². The summed E-state index contributed by atoms with van der Waals surface area (Å²) >= 11 is -1.16. The van der Waals surface area contributed by atoms with Crippen LogP contribution in [0.15, 0.2) is 34.4 Å². The van der Waals surface area contributed by atoms with E-state index < -0.39 is 39.0 Å². The predicted octanol–water partition coefficient (Wildman–Crippen LogP) is 1.14. The van der Waals surface area contributed by atoms with Crippen molar-refractivity contribution in [2.24, 2.45) is 0 Å². The number of carbonyl (C=O) groups is 2. The zero-order chi connectivity index (χ0) is 17.9. The molecule has 0 saturated carbocycles. The van der Waals surface area contributed by atoms with Crippen molar-refractivity contribution in [3.8, 4) is 5.75 Å². The van der Waals surface area contributed by atoms with E-state index >= 15 is 0 Å². The van der Waals surface area contributed by atoms with Gasteiger partial charge in [0.2, 0.25) is 0 Å². The van der Waals surface area contributed by atoms with Gasteiger partial charge in [0.1, 0.15) is 0 Å². The fourth-order valence-corrected chi connectivity index (χ4v) is 7.78. The number of carboxylic acid groups (broad SMARTS) is 1. The molecule has 1 aromatic heterocycles. The average Bonchev–Trinajstić information content (AvgIpc) is 2.90. The van der Waals surface area contributed by atoms with Gasteiger partial charge in [-0.05, 0) is 0 Å². The number of allylic oxidation sites excluding steroid dienone is 1. The number of fused-ring (bicyclic) bond motifs is 1. The van der Waals surface area contributed by atoms with Crippen molar-refractivity contribution in [3.05, 3.63) is 30.0 Å². The zero-order valence-electron chi connectivity index (χ0n) is 12.2. The number of carboxylic acids is 1. The van der Waals surface area contributed by atoms with Crippen LogP contribution in [0.25, 0.3) is 10.2 Å². The molecule has 0 atom stereocenters. The monoisotopic (exact) mass is 432 g/mol. The standard InChI is InChI=1S/C13H11AsNO7S2/c1-2-22-7-3-4-8-10(5-7)23-13(15-8)24(20,21)14-12(19)9(16)6-11(17)18/h3-6,16H,2H2,1H3,(H,17,18)/b9-6-. The van der Waals surface area contributed by atoms with Crippen LogP contribution < -0.4 is 4.74 Å². The van der Waals surface area contributed by atoms with E-state index in [0.717, 1.165) is 11.3 Å². The SMILES string of the molecule is CCOc1ccc2nc(S(=O)(=O)[As]C(=O)/C(O)=C/C(=O)O)sc2c1. The summed E-state index contributed by atoms with van der Waals surface area (Å²) in [5.41, 5.74) is 0.445. The number of aliphatic hydroxyl groups excluding tert-OH is 1. The summed E-state index contributed by atoms with van der Waals surface area (Å²) in [6, 6.07) is 4.91. The first-order valence-corrected chi connectivity index (χ1v) is 11.9. The van der Waals surface area contributed by atoms with Gasteiger partial charge in [-0.15, -0.1) is 0 Å². The predicted molar refractivity (Wildman–Crippen MR) is 87.1 cm³/mol. The summed E-state index contributed by atoms with van der Waals surface area (Å²) in [5, 5.41) is 17.8. The van der Waals surface area contributed by atoms with Gasteiger partial charge in [0.25, 0.3) is 0 Å². The Labute approximate surface area is 146 Å². The number of carbonyl (C=O) groups excluding carboxylic acids is 1. The fourth-order valence-electron chi connectivity index (χ4n) is 1.62. The van der Waals surface area contributed by atoms with Gasteiger partial charge in [-0.3, -0.25) is 0 Å². The molecule has 1 heterocycles. The van der Waals surface area contributed by atoms with E-state index in [4.69, 9.17) is 9.84 Å². The van der Waals surface area contributed by atoms with Crippen molar-refractivity contribution >= 4 is 54.8 Å². The Hall–Kier alpha value is -1.90. The average molecular weight is 432 g/mol. The zero-order valence-corrected chi connectivity index (χ0v) is 15.7. The van der Waals surface area contributed by atoms with E-state index in [1.165, 1.54) is 0 Å². The molecule has 2 N–H and O–H groups in total. The summed E-state index contributed by atoms with van der Waals surface area (Å²) in [6.45, 7) is 2.28. The first kappa shape index (κ1) is 18.4. The van der Waals surface area contributed by atoms with E-state index in [2.05, 4.69) is 4.98 Å². The summed E-state index contributed by atoms with van der Waals surface area (Å²) in [7, 11) is -4.01.